The molecular weight excluding hydrogens is 213 g/mol. The Labute approximate surface area is 90.7 Å². The number of nitrogen functional groups attached to an aromatic ring is 1. The molecule has 2 rings (SSSR count). The molecule has 2 aromatic rings. The first-order valence-corrected chi connectivity index (χ1v) is 4.69. The van der Waals surface area contributed by atoms with Crippen LogP contribution in [-0.2, 0) is 6.42 Å². The summed E-state index contributed by atoms with van der Waals surface area (Å²) in [7, 11) is 0. The molecule has 16 heavy (non-hydrogen) atoms. The largest absolute Gasteiger partial charge is 0.396 e. The van der Waals surface area contributed by atoms with Crippen molar-refractivity contribution in [3.8, 4) is 11.5 Å². The number of anilines is 1. The van der Waals surface area contributed by atoms with Gasteiger partial charge in [0.15, 0.2) is 5.82 Å². The van der Waals surface area contributed by atoms with E-state index in [0.717, 1.165) is 0 Å². The Balaban J connectivity index is 2.31. The minimum atomic E-state index is -0.528. The fraction of sp³-hybridized carbons (Fsp3) is 0.200. The maximum atomic E-state index is 13.2. The van der Waals surface area contributed by atoms with Crippen molar-refractivity contribution in [3.05, 3.63) is 29.8 Å². The van der Waals surface area contributed by atoms with Crippen LogP contribution in [0.4, 0.5) is 10.1 Å². The lowest BCUT2D eigenvalue weighted by Crippen LogP contribution is -1.93. The fourth-order valence-corrected chi connectivity index (χ4v) is 1.23. The lowest BCUT2D eigenvalue weighted by molar-refractivity contribution is 0.293. The molecule has 0 bridgehead atoms. The molecule has 0 atom stereocenters. The van der Waals surface area contributed by atoms with Gasteiger partial charge in [-0.2, -0.15) is 4.98 Å². The molecule has 0 spiro atoms. The Morgan fingerprint density at radius 2 is 2.25 bits per heavy atom. The number of hydrogen-bond acceptors (Lipinski definition) is 5. The monoisotopic (exact) mass is 223 g/mol. The van der Waals surface area contributed by atoms with E-state index in [1.807, 2.05) is 0 Å². The summed E-state index contributed by atoms with van der Waals surface area (Å²) >= 11 is 0. The zero-order chi connectivity index (χ0) is 11.5. The Hall–Kier alpha value is -1.95. The molecule has 0 saturated carbocycles. The summed E-state index contributed by atoms with van der Waals surface area (Å²) in [5.74, 6) is 0.0662. The van der Waals surface area contributed by atoms with Crippen LogP contribution >= 0.6 is 0 Å². The molecule has 6 heteroatoms. The van der Waals surface area contributed by atoms with Crippen LogP contribution in [0, 0.1) is 5.82 Å². The number of rotatable bonds is 3. The highest BCUT2D eigenvalue weighted by molar-refractivity contribution is 5.57. The molecular formula is C10H10FN3O2. The van der Waals surface area contributed by atoms with Gasteiger partial charge in [0.05, 0.1) is 12.3 Å². The maximum Gasteiger partial charge on any atom is 0.258 e. The second-order valence-corrected chi connectivity index (χ2v) is 3.23. The standard InChI is InChI=1S/C10H10FN3O2/c11-7-5-6(1-2-8(7)12)10-13-9(3-4-15)14-16-10/h1-2,5,15H,3-4,12H2. The van der Waals surface area contributed by atoms with Crippen molar-refractivity contribution in [2.75, 3.05) is 12.3 Å². The molecule has 0 amide bonds. The maximum absolute atomic E-state index is 13.2. The highest BCUT2D eigenvalue weighted by atomic mass is 19.1. The first kappa shape index (κ1) is 10.6. The third-order valence-electron chi connectivity index (χ3n) is 2.05. The van der Waals surface area contributed by atoms with Crippen molar-refractivity contribution in [2.45, 2.75) is 6.42 Å². The van der Waals surface area contributed by atoms with E-state index in [-0.39, 0.29) is 18.2 Å². The number of hydrogen-bond donors (Lipinski definition) is 2. The van der Waals surface area contributed by atoms with Gasteiger partial charge in [0.1, 0.15) is 5.82 Å². The lowest BCUT2D eigenvalue weighted by atomic mass is 10.2. The third-order valence-corrected chi connectivity index (χ3v) is 2.05. The zero-order valence-electron chi connectivity index (χ0n) is 8.35. The number of aromatic nitrogens is 2. The summed E-state index contributed by atoms with van der Waals surface area (Å²) in [6.45, 7) is -0.0604. The van der Waals surface area contributed by atoms with Gasteiger partial charge >= 0.3 is 0 Å². The van der Waals surface area contributed by atoms with E-state index in [1.54, 1.807) is 6.07 Å². The molecule has 0 fully saturated rings. The summed E-state index contributed by atoms with van der Waals surface area (Å²) in [6, 6.07) is 4.25. The van der Waals surface area contributed by atoms with E-state index in [2.05, 4.69) is 10.1 Å². The first-order valence-electron chi connectivity index (χ1n) is 4.69. The van der Waals surface area contributed by atoms with Crippen LogP contribution in [0.3, 0.4) is 0 Å². The zero-order valence-corrected chi connectivity index (χ0v) is 8.35. The number of halogens is 1. The van der Waals surface area contributed by atoms with Gasteiger partial charge in [-0.1, -0.05) is 5.16 Å². The fourth-order valence-electron chi connectivity index (χ4n) is 1.23. The van der Waals surface area contributed by atoms with Crippen LogP contribution in [0.2, 0.25) is 0 Å². The molecule has 0 aliphatic heterocycles. The second-order valence-electron chi connectivity index (χ2n) is 3.23. The van der Waals surface area contributed by atoms with Crippen molar-refractivity contribution in [1.29, 1.82) is 0 Å². The SMILES string of the molecule is Nc1ccc(-c2nc(CCO)no2)cc1F. The van der Waals surface area contributed by atoms with Crippen molar-refractivity contribution >= 4 is 5.69 Å². The highest BCUT2D eigenvalue weighted by Gasteiger charge is 2.10. The summed E-state index contributed by atoms with van der Waals surface area (Å²) in [5.41, 5.74) is 5.87. The van der Waals surface area contributed by atoms with Gasteiger partial charge in [0, 0.05) is 12.0 Å². The summed E-state index contributed by atoms with van der Waals surface area (Å²) in [5, 5.41) is 12.3. The van der Waals surface area contributed by atoms with Gasteiger partial charge < -0.3 is 15.4 Å². The Kier molecular flexibility index (Phi) is 2.82. The first-order chi connectivity index (χ1) is 7.70. The quantitative estimate of drug-likeness (QED) is 0.758. The van der Waals surface area contributed by atoms with Crippen molar-refractivity contribution in [1.82, 2.24) is 10.1 Å². The predicted octanol–water partition coefficient (Wildman–Crippen LogP) is 0.993. The Morgan fingerprint density at radius 3 is 2.94 bits per heavy atom. The van der Waals surface area contributed by atoms with E-state index in [1.165, 1.54) is 12.1 Å². The molecule has 1 aromatic carbocycles. The number of nitrogens with zero attached hydrogens (tertiary/aromatic N) is 2. The molecule has 0 aliphatic carbocycles. The van der Waals surface area contributed by atoms with Crippen molar-refractivity contribution in [2.24, 2.45) is 0 Å². The highest BCUT2D eigenvalue weighted by Crippen LogP contribution is 2.21. The average molecular weight is 223 g/mol. The molecule has 1 heterocycles. The van der Waals surface area contributed by atoms with Crippen LogP contribution in [0.1, 0.15) is 5.82 Å². The summed E-state index contributed by atoms with van der Waals surface area (Å²) < 4.78 is 18.1. The second kappa shape index (κ2) is 4.28. The summed E-state index contributed by atoms with van der Waals surface area (Å²) in [6.07, 6.45) is 0.307. The third kappa shape index (κ3) is 2.01. The topological polar surface area (TPSA) is 85.2 Å². The van der Waals surface area contributed by atoms with E-state index in [4.69, 9.17) is 15.4 Å². The van der Waals surface area contributed by atoms with Crippen LogP contribution in [0.15, 0.2) is 22.7 Å². The molecule has 3 N–H and O–H groups in total. The molecule has 1 aromatic heterocycles. The molecule has 0 radical (unpaired) electrons. The summed E-state index contributed by atoms with van der Waals surface area (Å²) in [4.78, 5) is 4.00. The lowest BCUT2D eigenvalue weighted by Gasteiger charge is -1.97. The number of aliphatic hydroxyl groups excluding tert-OH is 1. The number of nitrogens with two attached hydrogens (primary N) is 1. The van der Waals surface area contributed by atoms with Crippen molar-refractivity contribution < 1.29 is 14.0 Å². The number of benzene rings is 1. The Bertz CT molecular complexity index is 499. The van der Waals surface area contributed by atoms with Gasteiger partial charge in [-0.05, 0) is 18.2 Å². The average Bonchev–Trinajstić information content (AvgIpc) is 2.71. The van der Waals surface area contributed by atoms with Crippen LogP contribution in [-0.4, -0.2) is 21.9 Å². The molecule has 0 aliphatic rings. The molecule has 84 valence electrons. The molecule has 0 saturated heterocycles. The van der Waals surface area contributed by atoms with Gasteiger partial charge in [-0.15, -0.1) is 0 Å². The minimum absolute atomic E-state index is 0.0604. The molecule has 0 unspecified atom stereocenters. The number of aliphatic hydroxyl groups is 1. The van der Waals surface area contributed by atoms with Crippen LogP contribution in [0.5, 0.6) is 0 Å². The van der Waals surface area contributed by atoms with Gasteiger partial charge in [-0.3, -0.25) is 0 Å². The van der Waals surface area contributed by atoms with Crippen LogP contribution in [0.25, 0.3) is 11.5 Å². The predicted molar refractivity (Wildman–Crippen MR) is 54.9 cm³/mol. The van der Waals surface area contributed by atoms with Crippen LogP contribution < -0.4 is 5.73 Å². The minimum Gasteiger partial charge on any atom is -0.396 e. The smallest absolute Gasteiger partial charge is 0.258 e. The van der Waals surface area contributed by atoms with Gasteiger partial charge in [0.25, 0.3) is 5.89 Å². The molecule has 5 nitrogen and oxygen atoms in total. The Morgan fingerprint density at radius 1 is 1.44 bits per heavy atom. The van der Waals surface area contributed by atoms with E-state index >= 15 is 0 Å². The van der Waals surface area contributed by atoms with Crippen molar-refractivity contribution in [3.63, 3.8) is 0 Å². The van der Waals surface area contributed by atoms with Gasteiger partial charge in [0.2, 0.25) is 0 Å². The van der Waals surface area contributed by atoms with Gasteiger partial charge in [-0.25, -0.2) is 4.39 Å². The normalized spacial score (nSPS) is 10.6. The van der Waals surface area contributed by atoms with E-state index in [0.29, 0.717) is 17.8 Å². The van der Waals surface area contributed by atoms with E-state index in [9.17, 15) is 4.39 Å². The van der Waals surface area contributed by atoms with E-state index < -0.39 is 5.82 Å².